The largest absolute Gasteiger partial charge is 0.338 e. The maximum atomic E-state index is 10.7. The molecule has 0 aromatic carbocycles. The summed E-state index contributed by atoms with van der Waals surface area (Å²) in [6, 6.07) is 0. The molecule has 0 radical (unpaired) electrons. The Hall–Kier alpha value is 0.01000. The Bertz CT molecular complexity index is 162. The van der Waals surface area contributed by atoms with Crippen molar-refractivity contribution in [3.8, 4) is 0 Å². The summed E-state index contributed by atoms with van der Waals surface area (Å²) in [6.07, 6.45) is -0.372. The molecule has 0 bridgehead atoms. The van der Waals surface area contributed by atoms with Gasteiger partial charge >= 0.3 is 0 Å². The molecule has 0 aromatic rings. The minimum Gasteiger partial charge on any atom is -0.338 e. The Kier molecular flexibility index (Phi) is 6.47. The topological polar surface area (TPSA) is 41.1 Å². The van der Waals surface area contributed by atoms with E-state index in [4.69, 9.17) is 23.2 Å². The van der Waals surface area contributed by atoms with Crippen LogP contribution in [-0.2, 0) is 4.79 Å². The minimum absolute atomic E-state index is 0.146. The van der Waals surface area contributed by atoms with Gasteiger partial charge in [0.25, 0.3) is 0 Å². The summed E-state index contributed by atoms with van der Waals surface area (Å²) in [5, 5.41) is 5.67. The first-order valence-electron chi connectivity index (χ1n) is 4.22. The molecule has 1 atom stereocenters. The number of alkyl halides is 2. The molecule has 0 rings (SSSR count). The number of amides is 1. The van der Waals surface area contributed by atoms with E-state index < -0.39 is 4.84 Å². The lowest BCUT2D eigenvalue weighted by Crippen LogP contribution is -2.49. The van der Waals surface area contributed by atoms with Crippen LogP contribution in [0.4, 0.5) is 0 Å². The third-order valence-electron chi connectivity index (χ3n) is 1.36. The number of hydrogen-bond acceptors (Lipinski definition) is 2. The molecule has 78 valence electrons. The molecular formula is C8H16Cl2N2O. The zero-order chi connectivity index (χ0) is 10.4. The van der Waals surface area contributed by atoms with Crippen molar-refractivity contribution in [1.82, 2.24) is 10.6 Å². The molecule has 2 N–H and O–H groups in total. The van der Waals surface area contributed by atoms with Crippen LogP contribution in [0.5, 0.6) is 0 Å². The van der Waals surface area contributed by atoms with Crippen LogP contribution in [-0.4, -0.2) is 23.5 Å². The van der Waals surface area contributed by atoms with Gasteiger partial charge in [0.1, 0.15) is 11.0 Å². The molecule has 1 amide bonds. The third-order valence-corrected chi connectivity index (χ3v) is 1.86. The van der Waals surface area contributed by atoms with Crippen molar-refractivity contribution in [3.63, 3.8) is 0 Å². The molecule has 0 heterocycles. The number of hydrogen-bond donors (Lipinski definition) is 2. The van der Waals surface area contributed by atoms with Crippen LogP contribution in [0.15, 0.2) is 0 Å². The van der Waals surface area contributed by atoms with Gasteiger partial charge in [-0.15, -0.1) is 23.2 Å². The van der Waals surface area contributed by atoms with Crippen LogP contribution >= 0.6 is 23.2 Å². The predicted molar refractivity (Wildman–Crippen MR) is 55.9 cm³/mol. The molecule has 0 saturated carbocycles. The molecule has 0 aliphatic rings. The number of nitrogens with one attached hydrogen (secondary N) is 2. The van der Waals surface area contributed by atoms with Crippen molar-refractivity contribution in [1.29, 1.82) is 0 Å². The summed E-state index contributed by atoms with van der Waals surface area (Å²) in [5.41, 5.74) is 0. The highest BCUT2D eigenvalue weighted by Gasteiger charge is 2.16. The second-order valence-corrected chi connectivity index (χ2v) is 4.48. The fraction of sp³-hybridized carbons (Fsp3) is 0.875. The van der Waals surface area contributed by atoms with Crippen molar-refractivity contribution >= 4 is 29.1 Å². The van der Waals surface area contributed by atoms with Crippen LogP contribution in [0.1, 0.15) is 20.8 Å². The second kappa shape index (κ2) is 6.46. The van der Waals surface area contributed by atoms with Crippen LogP contribution in [0.25, 0.3) is 0 Å². The lowest BCUT2D eigenvalue weighted by Gasteiger charge is -2.21. The highest BCUT2D eigenvalue weighted by molar-refractivity contribution is 6.44. The van der Waals surface area contributed by atoms with Crippen LogP contribution in [0.3, 0.4) is 0 Å². The van der Waals surface area contributed by atoms with Gasteiger partial charge in [-0.3, -0.25) is 10.1 Å². The smallest absolute Gasteiger partial charge is 0.218 e. The molecular weight excluding hydrogens is 211 g/mol. The summed E-state index contributed by atoms with van der Waals surface area (Å²) in [4.78, 5) is 10.1. The minimum atomic E-state index is -0.636. The van der Waals surface area contributed by atoms with Crippen molar-refractivity contribution in [2.75, 3.05) is 6.54 Å². The molecule has 0 aromatic heterocycles. The van der Waals surface area contributed by atoms with Gasteiger partial charge in [-0.25, -0.2) is 0 Å². The Morgan fingerprint density at radius 3 is 2.23 bits per heavy atom. The molecule has 0 aliphatic heterocycles. The lowest BCUT2D eigenvalue weighted by atomic mass is 10.2. The maximum absolute atomic E-state index is 10.7. The van der Waals surface area contributed by atoms with E-state index in [2.05, 4.69) is 24.5 Å². The fourth-order valence-electron chi connectivity index (χ4n) is 0.785. The fourth-order valence-corrected chi connectivity index (χ4v) is 1.09. The second-order valence-electron chi connectivity index (χ2n) is 3.31. The van der Waals surface area contributed by atoms with Crippen LogP contribution < -0.4 is 10.6 Å². The summed E-state index contributed by atoms with van der Waals surface area (Å²) < 4.78 is 0. The first kappa shape index (κ1) is 13.0. The van der Waals surface area contributed by atoms with E-state index in [1.807, 2.05) is 0 Å². The van der Waals surface area contributed by atoms with Gasteiger partial charge in [0.05, 0.1) is 0 Å². The number of halogens is 2. The highest BCUT2D eigenvalue weighted by atomic mass is 35.5. The van der Waals surface area contributed by atoms with E-state index in [0.29, 0.717) is 5.92 Å². The number of carbonyl (C=O) groups excluding carboxylic acids is 1. The average molecular weight is 227 g/mol. The Morgan fingerprint density at radius 1 is 1.38 bits per heavy atom. The van der Waals surface area contributed by atoms with Crippen molar-refractivity contribution < 1.29 is 4.79 Å². The molecule has 0 fully saturated rings. The quantitative estimate of drug-likeness (QED) is 0.552. The van der Waals surface area contributed by atoms with Crippen molar-refractivity contribution in [3.05, 3.63) is 0 Å². The first-order chi connectivity index (χ1) is 5.93. The molecule has 3 nitrogen and oxygen atoms in total. The standard InChI is InChI=1S/C8H16Cl2N2O/c1-5(2)4-11-8(7(9)10)12-6(3)13/h5,7-8,11H,4H2,1-3H3,(H,12,13). The predicted octanol–water partition coefficient (Wildman–Crippen LogP) is 1.50. The molecule has 5 heteroatoms. The van der Waals surface area contributed by atoms with E-state index in [0.717, 1.165) is 6.54 Å². The van der Waals surface area contributed by atoms with Gasteiger partial charge in [0.2, 0.25) is 5.91 Å². The Morgan fingerprint density at radius 2 is 1.92 bits per heavy atom. The molecule has 0 aliphatic carbocycles. The molecule has 0 spiro atoms. The summed E-state index contributed by atoms with van der Waals surface area (Å²) in [5.74, 6) is 0.343. The molecule has 1 unspecified atom stereocenters. The summed E-state index contributed by atoms with van der Waals surface area (Å²) >= 11 is 11.3. The number of rotatable bonds is 5. The van der Waals surface area contributed by atoms with E-state index in [1.165, 1.54) is 6.92 Å². The zero-order valence-electron chi connectivity index (χ0n) is 8.10. The van der Waals surface area contributed by atoms with Gasteiger partial charge in [0.15, 0.2) is 0 Å². The van der Waals surface area contributed by atoms with Gasteiger partial charge in [0, 0.05) is 6.92 Å². The van der Waals surface area contributed by atoms with Gasteiger partial charge in [-0.05, 0) is 12.5 Å². The summed E-state index contributed by atoms with van der Waals surface area (Å²) in [7, 11) is 0. The van der Waals surface area contributed by atoms with Crippen LogP contribution in [0, 0.1) is 5.92 Å². The van der Waals surface area contributed by atoms with E-state index in [9.17, 15) is 4.79 Å². The van der Waals surface area contributed by atoms with E-state index >= 15 is 0 Å². The van der Waals surface area contributed by atoms with Gasteiger partial charge < -0.3 is 5.32 Å². The van der Waals surface area contributed by atoms with E-state index in [-0.39, 0.29) is 12.1 Å². The van der Waals surface area contributed by atoms with Gasteiger partial charge in [-0.1, -0.05) is 13.8 Å². The van der Waals surface area contributed by atoms with Crippen molar-refractivity contribution in [2.24, 2.45) is 5.92 Å². The molecule has 0 saturated heterocycles. The number of carbonyl (C=O) groups is 1. The normalized spacial score (nSPS) is 13.5. The Labute approximate surface area is 89.2 Å². The lowest BCUT2D eigenvalue weighted by molar-refractivity contribution is -0.119. The molecule has 13 heavy (non-hydrogen) atoms. The zero-order valence-corrected chi connectivity index (χ0v) is 9.62. The maximum Gasteiger partial charge on any atom is 0.218 e. The first-order valence-corrected chi connectivity index (χ1v) is 5.09. The highest BCUT2D eigenvalue weighted by Crippen LogP contribution is 2.06. The van der Waals surface area contributed by atoms with Crippen molar-refractivity contribution in [2.45, 2.75) is 31.8 Å². The summed E-state index contributed by atoms with van der Waals surface area (Å²) in [6.45, 7) is 6.33. The average Bonchev–Trinajstić information content (AvgIpc) is 1.96. The van der Waals surface area contributed by atoms with Gasteiger partial charge in [-0.2, -0.15) is 0 Å². The van der Waals surface area contributed by atoms with E-state index in [1.54, 1.807) is 0 Å². The SMILES string of the molecule is CC(=O)NC(NCC(C)C)C(Cl)Cl. The van der Waals surface area contributed by atoms with Crippen LogP contribution in [0.2, 0.25) is 0 Å². The monoisotopic (exact) mass is 226 g/mol. The Balaban J connectivity index is 3.88. The third kappa shape index (κ3) is 7.11.